The van der Waals surface area contributed by atoms with E-state index < -0.39 is 17.9 Å². The molecule has 0 aromatic heterocycles. The number of aliphatic hydroxyl groups excluding tert-OH is 1. The number of allylic oxidation sites excluding steroid dienone is 4. The van der Waals surface area contributed by atoms with Gasteiger partial charge in [-0.15, -0.1) is 5.26 Å². The van der Waals surface area contributed by atoms with Crippen LogP contribution in [0.1, 0.15) is 35.7 Å². The van der Waals surface area contributed by atoms with Gasteiger partial charge >= 0.3 is 5.97 Å². The minimum absolute atomic E-state index is 0.131. The van der Waals surface area contributed by atoms with Gasteiger partial charge in [-0.2, -0.15) is 0 Å². The van der Waals surface area contributed by atoms with E-state index in [2.05, 4.69) is 34.9 Å². The number of aliphatic hydroxyl groups is 1. The van der Waals surface area contributed by atoms with Crippen molar-refractivity contribution in [3.63, 3.8) is 0 Å². The lowest BCUT2D eigenvalue weighted by molar-refractivity contribution is -0.139. The molecule has 0 heterocycles. The summed E-state index contributed by atoms with van der Waals surface area (Å²) >= 11 is 0. The molecule has 0 fully saturated rings. The number of hydrogen-bond acceptors (Lipinski definition) is 6. The molecule has 1 atom stereocenters. The molecule has 0 radical (unpaired) electrons. The minimum atomic E-state index is -0.980. The first-order valence-electron chi connectivity index (χ1n) is 14.0. The van der Waals surface area contributed by atoms with Crippen LogP contribution < -0.4 is 10.1 Å². The Labute approximate surface area is 253 Å². The van der Waals surface area contributed by atoms with Crippen LogP contribution in [0.4, 0.5) is 0 Å². The third-order valence-electron chi connectivity index (χ3n) is 6.48. The molecule has 43 heavy (non-hydrogen) atoms. The van der Waals surface area contributed by atoms with Gasteiger partial charge in [0.2, 0.25) is 0 Å². The predicted octanol–water partition coefficient (Wildman–Crippen LogP) is 6.49. The summed E-state index contributed by atoms with van der Waals surface area (Å²) in [6.07, 6.45) is 13.6. The number of benzene rings is 3. The topological polar surface area (TPSA) is 109 Å². The van der Waals surface area contributed by atoms with Crippen LogP contribution in [0.15, 0.2) is 127 Å². The van der Waals surface area contributed by atoms with Gasteiger partial charge in [0.1, 0.15) is 18.4 Å². The number of nitriles is 1. The number of hydrogen-bond donors (Lipinski definition) is 2. The van der Waals surface area contributed by atoms with Crippen LogP contribution in [-0.2, 0) is 16.0 Å². The van der Waals surface area contributed by atoms with E-state index in [9.17, 15) is 9.59 Å². The Hall–Kier alpha value is -5.19. The number of carbonyl (C=O) groups is 2. The summed E-state index contributed by atoms with van der Waals surface area (Å²) in [7, 11) is 0. The number of carbonyl (C=O) groups excluding carboxylic acids is 2. The van der Waals surface area contributed by atoms with Gasteiger partial charge in [0.05, 0.1) is 6.61 Å². The van der Waals surface area contributed by atoms with Gasteiger partial charge in [-0.25, -0.2) is 4.79 Å². The first-order valence-corrected chi connectivity index (χ1v) is 14.0. The molecule has 0 saturated heterocycles. The normalized spacial score (nSPS) is 12.9. The van der Waals surface area contributed by atoms with Crippen molar-refractivity contribution >= 4 is 11.9 Å². The summed E-state index contributed by atoms with van der Waals surface area (Å²) in [5.41, 5.74) is 5.30. The zero-order valence-corrected chi connectivity index (χ0v) is 24.2. The van der Waals surface area contributed by atoms with E-state index in [1.165, 1.54) is 11.8 Å². The summed E-state index contributed by atoms with van der Waals surface area (Å²) < 4.78 is 10.4. The molecule has 1 aliphatic rings. The number of nitrogens with one attached hydrogen (secondary N) is 1. The van der Waals surface area contributed by atoms with Crippen LogP contribution in [0.5, 0.6) is 5.75 Å². The largest absolute Gasteiger partial charge is 0.489 e. The molecular formula is C36H36N2O5. The summed E-state index contributed by atoms with van der Waals surface area (Å²) in [5, 5.41) is 19.8. The number of ether oxygens (including phenoxy) is 2. The maximum Gasteiger partial charge on any atom is 0.344 e. The smallest absolute Gasteiger partial charge is 0.344 e. The number of nitrogens with zero attached hydrogens (tertiary/aromatic N) is 1. The van der Waals surface area contributed by atoms with E-state index in [4.69, 9.17) is 15.1 Å². The van der Waals surface area contributed by atoms with Crippen molar-refractivity contribution in [2.45, 2.75) is 32.2 Å². The molecule has 1 unspecified atom stereocenters. The Morgan fingerprint density at radius 2 is 1.70 bits per heavy atom. The molecule has 4 rings (SSSR count). The van der Waals surface area contributed by atoms with E-state index in [-0.39, 0.29) is 13.0 Å². The second-order valence-electron chi connectivity index (χ2n) is 9.78. The molecule has 0 spiro atoms. The van der Waals surface area contributed by atoms with Crippen molar-refractivity contribution in [1.82, 2.24) is 5.32 Å². The van der Waals surface area contributed by atoms with Crippen LogP contribution in [0.25, 0.3) is 11.1 Å². The molecule has 3 aromatic rings. The molecule has 7 heteroatoms. The minimum Gasteiger partial charge on any atom is -0.489 e. The van der Waals surface area contributed by atoms with Crippen molar-refractivity contribution in [1.29, 1.82) is 5.26 Å². The monoisotopic (exact) mass is 576 g/mol. The van der Waals surface area contributed by atoms with Gasteiger partial charge in [0.25, 0.3) is 12.2 Å². The maximum atomic E-state index is 12.8. The molecular weight excluding hydrogens is 540 g/mol. The zero-order chi connectivity index (χ0) is 30.9. The average Bonchev–Trinajstić information content (AvgIpc) is 3.05. The second kappa shape index (κ2) is 17.6. The summed E-state index contributed by atoms with van der Waals surface area (Å²) in [6.45, 7) is 5.99. The number of esters is 1. The lowest BCUT2D eigenvalue weighted by Crippen LogP contribution is -2.43. The van der Waals surface area contributed by atoms with Gasteiger partial charge < -0.3 is 19.9 Å². The van der Waals surface area contributed by atoms with Gasteiger partial charge in [-0.1, -0.05) is 91.6 Å². The fraction of sp³-hybridized carbons (Fsp3) is 0.194. The van der Waals surface area contributed by atoms with Gasteiger partial charge in [0, 0.05) is 12.0 Å². The lowest BCUT2D eigenvalue weighted by Gasteiger charge is -2.16. The third-order valence-corrected chi connectivity index (χ3v) is 6.48. The highest BCUT2D eigenvalue weighted by molar-refractivity contribution is 5.97. The lowest BCUT2D eigenvalue weighted by atomic mass is 10.0. The number of amides is 1. The molecule has 7 nitrogen and oxygen atoms in total. The van der Waals surface area contributed by atoms with E-state index in [0.717, 1.165) is 40.9 Å². The Kier molecular flexibility index (Phi) is 13.2. The zero-order valence-electron chi connectivity index (χ0n) is 24.2. The molecule has 220 valence electrons. The predicted molar refractivity (Wildman–Crippen MR) is 168 cm³/mol. The van der Waals surface area contributed by atoms with Crippen LogP contribution in [0.3, 0.4) is 0 Å². The molecule has 0 saturated carbocycles. The van der Waals surface area contributed by atoms with Crippen molar-refractivity contribution < 1.29 is 24.2 Å². The van der Waals surface area contributed by atoms with Crippen molar-refractivity contribution in [2.75, 3.05) is 13.2 Å². The molecule has 3 aromatic carbocycles. The Balaban J connectivity index is 0.000000646. The van der Waals surface area contributed by atoms with E-state index >= 15 is 0 Å². The number of rotatable bonds is 11. The van der Waals surface area contributed by atoms with Gasteiger partial charge in [0.15, 0.2) is 0 Å². The highest BCUT2D eigenvalue weighted by atomic mass is 16.5. The average molecular weight is 577 g/mol. The SMILES string of the molecule is C=C/C=C(\C)CO.N#COC(=O)C(Cc1ccccc1)NC(=O)c1ccc(-c2ccc(OCC3=CCCC=C3)cc2)cc1. The van der Waals surface area contributed by atoms with Crippen molar-refractivity contribution in [2.24, 2.45) is 0 Å². The Bertz CT molecular complexity index is 1480. The fourth-order valence-electron chi connectivity index (χ4n) is 4.15. The third kappa shape index (κ3) is 11.0. The molecule has 1 aliphatic carbocycles. The van der Waals surface area contributed by atoms with Crippen molar-refractivity contribution in [3.8, 4) is 23.1 Å². The van der Waals surface area contributed by atoms with E-state index in [1.54, 1.807) is 24.3 Å². The first kappa shape index (κ1) is 32.3. The summed E-state index contributed by atoms with van der Waals surface area (Å²) in [6, 6.07) is 23.2. The molecule has 0 aliphatic heterocycles. The quantitative estimate of drug-likeness (QED) is 0.154. The maximum absolute atomic E-state index is 12.8. The molecule has 2 N–H and O–H groups in total. The second-order valence-corrected chi connectivity index (χ2v) is 9.78. The Morgan fingerprint density at radius 3 is 2.26 bits per heavy atom. The highest BCUT2D eigenvalue weighted by Crippen LogP contribution is 2.24. The standard InChI is InChI=1S/C30H26N2O4.C6H10O/c31-21-36-30(34)28(19-22-7-3-1-4-8-22)32-29(33)26-13-11-24(12-14-26)25-15-17-27(18-16-25)35-20-23-9-5-2-6-10-23;1-3-4-6(2)5-7/h1,3-5,7-18,28H,2,6,19-20H2,(H,32,33);3-4,7H,1,5H2,2H3/b;6-4+. The molecule has 1 amide bonds. The van der Waals surface area contributed by atoms with Gasteiger partial charge in [-0.05, 0) is 71.9 Å². The van der Waals surface area contributed by atoms with Crippen LogP contribution >= 0.6 is 0 Å². The van der Waals surface area contributed by atoms with Crippen molar-refractivity contribution in [3.05, 3.63) is 138 Å². The first-order chi connectivity index (χ1) is 20.9. The fourth-order valence-corrected chi connectivity index (χ4v) is 4.15. The van der Waals surface area contributed by atoms with Crippen LogP contribution in [0.2, 0.25) is 0 Å². The van der Waals surface area contributed by atoms with E-state index in [0.29, 0.717) is 12.2 Å². The highest BCUT2D eigenvalue weighted by Gasteiger charge is 2.23. The van der Waals surface area contributed by atoms with E-state index in [1.807, 2.05) is 73.7 Å². The summed E-state index contributed by atoms with van der Waals surface area (Å²) in [5.74, 6) is -0.431. The Morgan fingerprint density at radius 1 is 1.02 bits per heavy atom. The van der Waals surface area contributed by atoms with Gasteiger partial charge in [-0.3, -0.25) is 4.79 Å². The molecule has 0 bridgehead atoms. The van der Waals surface area contributed by atoms with Crippen LogP contribution in [-0.4, -0.2) is 36.2 Å². The van der Waals surface area contributed by atoms with Crippen LogP contribution in [0, 0.1) is 11.5 Å². The summed E-state index contributed by atoms with van der Waals surface area (Å²) in [4.78, 5) is 25.1.